The molecule has 8 heteroatoms. The number of aryl methyl sites for hydroxylation is 1. The number of nitrogens with zero attached hydrogens (tertiary/aromatic N) is 2. The van der Waals surface area contributed by atoms with E-state index in [1.54, 1.807) is 19.4 Å². The van der Waals surface area contributed by atoms with Crippen molar-refractivity contribution in [2.45, 2.75) is 6.92 Å². The third-order valence-electron chi connectivity index (χ3n) is 3.03. The number of amides is 1. The number of thiophene rings is 1. The zero-order chi connectivity index (χ0) is 15.7. The number of carbonyl (C=O) groups excluding carboxylic acids is 1. The van der Waals surface area contributed by atoms with Gasteiger partial charge in [-0.25, -0.2) is 9.78 Å². The molecule has 0 aliphatic carbocycles. The molecule has 112 valence electrons. The number of H-pyrrole nitrogens is 1. The van der Waals surface area contributed by atoms with Crippen LogP contribution in [-0.4, -0.2) is 20.6 Å². The maximum absolute atomic E-state index is 11.8. The average molecular weight is 316 g/mol. The van der Waals surface area contributed by atoms with Crippen LogP contribution in [-0.2, 0) is 0 Å². The molecule has 0 aliphatic rings. The van der Waals surface area contributed by atoms with Gasteiger partial charge in [0, 0.05) is 28.5 Å². The summed E-state index contributed by atoms with van der Waals surface area (Å²) in [7, 11) is 0. The highest BCUT2D eigenvalue weighted by molar-refractivity contribution is 7.17. The summed E-state index contributed by atoms with van der Waals surface area (Å²) in [6, 6.07) is 5.39. The lowest BCUT2D eigenvalue weighted by Crippen LogP contribution is -2.22. The highest BCUT2D eigenvalue weighted by atomic mass is 32.1. The van der Waals surface area contributed by atoms with Gasteiger partial charge in [-0.3, -0.25) is 9.36 Å². The maximum atomic E-state index is 11.8. The minimum Gasteiger partial charge on any atom is -0.405 e. The monoisotopic (exact) mass is 316 g/mol. The van der Waals surface area contributed by atoms with Gasteiger partial charge >= 0.3 is 6.09 Å². The zero-order valence-corrected chi connectivity index (χ0v) is 12.4. The van der Waals surface area contributed by atoms with Crippen molar-refractivity contribution in [1.82, 2.24) is 14.5 Å². The summed E-state index contributed by atoms with van der Waals surface area (Å²) in [5, 5.41) is 0.982. The molecule has 0 aliphatic heterocycles. The van der Waals surface area contributed by atoms with Gasteiger partial charge in [0.25, 0.3) is 5.56 Å². The van der Waals surface area contributed by atoms with Gasteiger partial charge in [0.1, 0.15) is 5.00 Å². The minimum absolute atomic E-state index is 0.120. The number of rotatable bonds is 3. The van der Waals surface area contributed by atoms with Crippen LogP contribution in [0, 0.1) is 6.92 Å². The second kappa shape index (κ2) is 5.49. The van der Waals surface area contributed by atoms with E-state index in [1.807, 2.05) is 22.9 Å². The van der Waals surface area contributed by atoms with E-state index in [2.05, 4.69) is 9.97 Å². The molecule has 0 radical (unpaired) electrons. The number of imidazole rings is 1. The summed E-state index contributed by atoms with van der Waals surface area (Å²) in [4.78, 5) is 30.2. The van der Waals surface area contributed by atoms with Gasteiger partial charge in [-0.2, -0.15) is 0 Å². The molecule has 3 heterocycles. The molecule has 3 aromatic heterocycles. The van der Waals surface area contributed by atoms with Gasteiger partial charge in [-0.15, -0.1) is 11.3 Å². The van der Waals surface area contributed by atoms with E-state index in [-0.39, 0.29) is 5.75 Å². The first-order valence-corrected chi connectivity index (χ1v) is 7.16. The number of hydrogen-bond acceptors (Lipinski definition) is 5. The van der Waals surface area contributed by atoms with E-state index in [9.17, 15) is 9.59 Å². The number of aromatic nitrogens is 3. The number of pyridine rings is 1. The minimum atomic E-state index is -1.02. The summed E-state index contributed by atoms with van der Waals surface area (Å²) in [6.45, 7) is 1.78. The van der Waals surface area contributed by atoms with E-state index >= 15 is 0 Å². The van der Waals surface area contributed by atoms with Crippen LogP contribution in [0.4, 0.5) is 4.79 Å². The molecule has 3 aromatic rings. The molecular weight excluding hydrogens is 304 g/mol. The first-order valence-electron chi connectivity index (χ1n) is 6.34. The number of nitrogens with one attached hydrogen (secondary N) is 1. The summed E-state index contributed by atoms with van der Waals surface area (Å²) in [5.74, 6) is -0.120. The van der Waals surface area contributed by atoms with E-state index in [1.165, 1.54) is 17.4 Å². The van der Waals surface area contributed by atoms with E-state index in [0.29, 0.717) is 5.69 Å². The molecule has 0 saturated carbocycles. The molecule has 1 amide bonds. The fourth-order valence-corrected chi connectivity index (χ4v) is 3.08. The van der Waals surface area contributed by atoms with E-state index in [4.69, 9.17) is 10.5 Å². The SMILES string of the molecule is Cc1[nH]c(=O)c(OC(N)=O)cc1-c1ccc(-n2ccnc2)s1. The van der Waals surface area contributed by atoms with Gasteiger partial charge in [-0.05, 0) is 25.1 Å². The fraction of sp³-hybridized carbons (Fsp3) is 0.0714. The molecule has 7 nitrogen and oxygen atoms in total. The number of primary amides is 1. The highest BCUT2D eigenvalue weighted by Crippen LogP contribution is 2.32. The quantitative estimate of drug-likeness (QED) is 0.771. The average Bonchev–Trinajstić information content (AvgIpc) is 3.11. The summed E-state index contributed by atoms with van der Waals surface area (Å²) >= 11 is 1.52. The molecule has 3 N–H and O–H groups in total. The first-order chi connectivity index (χ1) is 10.5. The lowest BCUT2D eigenvalue weighted by Gasteiger charge is -2.06. The van der Waals surface area contributed by atoms with Crippen molar-refractivity contribution in [1.29, 1.82) is 0 Å². The van der Waals surface area contributed by atoms with Crippen LogP contribution in [0.3, 0.4) is 0 Å². The molecule has 22 heavy (non-hydrogen) atoms. The molecular formula is C14H12N4O3S. The van der Waals surface area contributed by atoms with Gasteiger partial charge in [-0.1, -0.05) is 0 Å². The Morgan fingerprint density at radius 2 is 2.27 bits per heavy atom. The van der Waals surface area contributed by atoms with Crippen LogP contribution in [0.5, 0.6) is 5.75 Å². The Morgan fingerprint density at radius 3 is 2.95 bits per heavy atom. The summed E-state index contributed by atoms with van der Waals surface area (Å²) in [5.41, 5.74) is 5.92. The van der Waals surface area contributed by atoms with Crippen molar-refractivity contribution in [3.05, 3.63) is 53.0 Å². The number of nitrogens with two attached hydrogens (primary N) is 1. The first kappa shape index (κ1) is 14.1. The third kappa shape index (κ3) is 2.63. The second-order valence-corrected chi connectivity index (χ2v) is 5.59. The standard InChI is InChI=1S/C14H12N4O3S/c1-8-9(6-10(13(19)17-8)21-14(15)20)11-2-3-12(22-11)18-5-4-16-7-18/h2-7H,1H3,(H2,15,20)(H,17,19). The Hall–Kier alpha value is -2.87. The van der Waals surface area contributed by atoms with Crippen molar-refractivity contribution in [3.8, 4) is 21.2 Å². The number of ether oxygens (including phenoxy) is 1. The highest BCUT2D eigenvalue weighted by Gasteiger charge is 2.13. The summed E-state index contributed by atoms with van der Waals surface area (Å²) < 4.78 is 6.61. The van der Waals surface area contributed by atoms with Crippen LogP contribution in [0.2, 0.25) is 0 Å². The van der Waals surface area contributed by atoms with Crippen molar-refractivity contribution >= 4 is 17.4 Å². The molecule has 0 aromatic carbocycles. The van der Waals surface area contributed by atoms with E-state index < -0.39 is 11.7 Å². The van der Waals surface area contributed by atoms with Crippen LogP contribution < -0.4 is 16.0 Å². The predicted octanol–water partition coefficient (Wildman–Crippen LogP) is 2.06. The third-order valence-corrected chi connectivity index (χ3v) is 4.16. The Balaban J connectivity index is 2.04. The zero-order valence-electron chi connectivity index (χ0n) is 11.6. The predicted molar refractivity (Wildman–Crippen MR) is 82.4 cm³/mol. The van der Waals surface area contributed by atoms with Crippen LogP contribution >= 0.6 is 11.3 Å². The fourth-order valence-electron chi connectivity index (χ4n) is 2.04. The largest absolute Gasteiger partial charge is 0.410 e. The van der Waals surface area contributed by atoms with E-state index in [0.717, 1.165) is 15.4 Å². The van der Waals surface area contributed by atoms with Crippen molar-refractivity contribution in [2.75, 3.05) is 0 Å². The number of carbonyl (C=O) groups is 1. The lowest BCUT2D eigenvalue weighted by molar-refractivity contribution is 0.210. The Bertz CT molecular complexity index is 880. The van der Waals surface area contributed by atoms with Gasteiger partial charge in [0.2, 0.25) is 0 Å². The molecule has 0 bridgehead atoms. The Morgan fingerprint density at radius 1 is 1.45 bits per heavy atom. The molecule has 3 rings (SSSR count). The van der Waals surface area contributed by atoms with Crippen molar-refractivity contribution < 1.29 is 9.53 Å². The van der Waals surface area contributed by atoms with Gasteiger partial charge in [0.15, 0.2) is 5.75 Å². The molecule has 0 saturated heterocycles. The second-order valence-electron chi connectivity index (χ2n) is 4.53. The molecule has 0 spiro atoms. The molecule has 0 fully saturated rings. The van der Waals surface area contributed by atoms with Gasteiger partial charge in [0.05, 0.1) is 6.33 Å². The van der Waals surface area contributed by atoms with Crippen molar-refractivity contribution in [2.24, 2.45) is 5.73 Å². The van der Waals surface area contributed by atoms with Crippen LogP contribution in [0.25, 0.3) is 15.4 Å². The van der Waals surface area contributed by atoms with Crippen LogP contribution in [0.1, 0.15) is 5.69 Å². The molecule has 0 atom stereocenters. The molecule has 0 unspecified atom stereocenters. The van der Waals surface area contributed by atoms with Gasteiger partial charge < -0.3 is 15.5 Å². The van der Waals surface area contributed by atoms with Crippen LogP contribution in [0.15, 0.2) is 41.7 Å². The normalized spacial score (nSPS) is 10.6. The maximum Gasteiger partial charge on any atom is 0.410 e. The Labute approximate surface area is 129 Å². The Kier molecular flexibility index (Phi) is 3.51. The topological polar surface area (TPSA) is 103 Å². The summed E-state index contributed by atoms with van der Waals surface area (Å²) in [6.07, 6.45) is 4.22. The number of aromatic amines is 1. The van der Waals surface area contributed by atoms with Crippen molar-refractivity contribution in [3.63, 3.8) is 0 Å². The smallest absolute Gasteiger partial charge is 0.405 e. The number of hydrogen-bond donors (Lipinski definition) is 2. The lowest BCUT2D eigenvalue weighted by atomic mass is 10.1.